The number of pyridine rings is 1. The molecule has 2 amide bonds. The standard InChI is InChI=1S/C23H20N6O3/c1-12(2)20(23(31)26-16-8-5-9-17-21(16)29-32-28-17)27-22(30)18-10-14-13-6-3-4-7-15(13)25-19(14)11-24-18/h3-12,20,25H,1-2H3,(H,26,31)(H,27,30). The monoisotopic (exact) mass is 428 g/mol. The van der Waals surface area contributed by atoms with Gasteiger partial charge in [-0.25, -0.2) is 9.61 Å². The van der Waals surface area contributed by atoms with Crippen molar-refractivity contribution in [1.82, 2.24) is 25.6 Å². The van der Waals surface area contributed by atoms with E-state index in [2.05, 4.69) is 30.9 Å². The number of fused-ring (bicyclic) bond motifs is 4. The molecule has 160 valence electrons. The number of para-hydroxylation sites is 1. The maximum atomic E-state index is 13.0. The molecule has 0 aliphatic carbocycles. The zero-order chi connectivity index (χ0) is 22.2. The third-order valence-electron chi connectivity index (χ3n) is 5.40. The fourth-order valence-electron chi connectivity index (χ4n) is 3.74. The summed E-state index contributed by atoms with van der Waals surface area (Å²) in [6.45, 7) is 3.72. The van der Waals surface area contributed by atoms with Crippen molar-refractivity contribution < 1.29 is 14.2 Å². The van der Waals surface area contributed by atoms with E-state index in [1.54, 1.807) is 30.5 Å². The lowest BCUT2D eigenvalue weighted by Gasteiger charge is -2.21. The van der Waals surface area contributed by atoms with Crippen LogP contribution in [0.25, 0.3) is 32.8 Å². The van der Waals surface area contributed by atoms with Gasteiger partial charge in [-0.1, -0.05) is 38.1 Å². The van der Waals surface area contributed by atoms with Crippen LogP contribution in [0.3, 0.4) is 0 Å². The number of nitrogens with one attached hydrogen (secondary N) is 3. The lowest BCUT2D eigenvalue weighted by molar-refractivity contribution is -0.118. The molecular weight excluding hydrogens is 408 g/mol. The number of benzene rings is 2. The SMILES string of the molecule is CC(C)C(NC(=O)c1cc2c(cn1)[nH]c1ccccc12)C(=O)Nc1cccc2nonc12. The third kappa shape index (κ3) is 3.43. The summed E-state index contributed by atoms with van der Waals surface area (Å²) in [5, 5.41) is 15.2. The van der Waals surface area contributed by atoms with Crippen LogP contribution in [-0.4, -0.2) is 38.1 Å². The van der Waals surface area contributed by atoms with Crippen molar-refractivity contribution in [2.45, 2.75) is 19.9 Å². The van der Waals surface area contributed by atoms with E-state index in [1.807, 2.05) is 38.1 Å². The summed E-state index contributed by atoms with van der Waals surface area (Å²) in [5.41, 5.74) is 3.49. The van der Waals surface area contributed by atoms with E-state index in [4.69, 9.17) is 4.63 Å². The smallest absolute Gasteiger partial charge is 0.270 e. The predicted octanol–water partition coefficient (Wildman–Crippen LogP) is 3.65. The van der Waals surface area contributed by atoms with Gasteiger partial charge in [0.15, 0.2) is 5.52 Å². The highest BCUT2D eigenvalue weighted by molar-refractivity contribution is 6.10. The van der Waals surface area contributed by atoms with Gasteiger partial charge in [-0.3, -0.25) is 9.59 Å². The molecule has 9 nitrogen and oxygen atoms in total. The van der Waals surface area contributed by atoms with E-state index in [9.17, 15) is 9.59 Å². The van der Waals surface area contributed by atoms with Crippen LogP contribution in [0.1, 0.15) is 24.3 Å². The second-order valence-electron chi connectivity index (χ2n) is 7.91. The second-order valence-corrected chi connectivity index (χ2v) is 7.91. The molecule has 9 heteroatoms. The van der Waals surface area contributed by atoms with Gasteiger partial charge in [0, 0.05) is 16.3 Å². The molecule has 2 aromatic carbocycles. The van der Waals surface area contributed by atoms with Crippen molar-refractivity contribution in [3.63, 3.8) is 0 Å². The molecule has 0 aliphatic heterocycles. The average molecular weight is 428 g/mol. The van der Waals surface area contributed by atoms with Gasteiger partial charge in [0.2, 0.25) is 5.91 Å². The molecule has 0 bridgehead atoms. The highest BCUT2D eigenvalue weighted by Gasteiger charge is 2.26. The first-order chi connectivity index (χ1) is 15.5. The van der Waals surface area contributed by atoms with Gasteiger partial charge < -0.3 is 15.6 Å². The van der Waals surface area contributed by atoms with Crippen molar-refractivity contribution in [2.24, 2.45) is 5.92 Å². The number of aromatic amines is 1. The zero-order valence-electron chi connectivity index (χ0n) is 17.4. The first kappa shape index (κ1) is 19.7. The summed E-state index contributed by atoms with van der Waals surface area (Å²) >= 11 is 0. The van der Waals surface area contributed by atoms with Crippen molar-refractivity contribution >= 4 is 50.3 Å². The van der Waals surface area contributed by atoms with Crippen LogP contribution in [0.4, 0.5) is 5.69 Å². The van der Waals surface area contributed by atoms with E-state index < -0.39 is 11.9 Å². The summed E-state index contributed by atoms with van der Waals surface area (Å²) in [6.07, 6.45) is 1.63. The first-order valence-corrected chi connectivity index (χ1v) is 10.2. The Labute approximate surface area is 182 Å². The fraction of sp³-hybridized carbons (Fsp3) is 0.174. The largest absolute Gasteiger partial charge is 0.353 e. The number of amides is 2. The highest BCUT2D eigenvalue weighted by atomic mass is 16.6. The average Bonchev–Trinajstić information content (AvgIpc) is 3.41. The van der Waals surface area contributed by atoms with Crippen LogP contribution < -0.4 is 10.6 Å². The number of H-pyrrole nitrogens is 1. The molecule has 3 heterocycles. The Morgan fingerprint density at radius 3 is 2.69 bits per heavy atom. The normalized spacial score (nSPS) is 12.5. The number of anilines is 1. The summed E-state index contributed by atoms with van der Waals surface area (Å²) in [7, 11) is 0. The van der Waals surface area contributed by atoms with Crippen LogP contribution in [0.2, 0.25) is 0 Å². The fourth-order valence-corrected chi connectivity index (χ4v) is 3.74. The molecule has 0 saturated heterocycles. The Bertz CT molecular complexity index is 1470. The van der Waals surface area contributed by atoms with Crippen molar-refractivity contribution in [2.75, 3.05) is 5.32 Å². The summed E-state index contributed by atoms with van der Waals surface area (Å²) in [4.78, 5) is 33.6. The number of carbonyl (C=O) groups excluding carboxylic acids is 2. The number of hydrogen-bond acceptors (Lipinski definition) is 6. The first-order valence-electron chi connectivity index (χ1n) is 10.2. The van der Waals surface area contributed by atoms with Gasteiger partial charge in [-0.05, 0) is 40.5 Å². The Morgan fingerprint density at radius 2 is 1.84 bits per heavy atom. The van der Waals surface area contributed by atoms with E-state index in [-0.39, 0.29) is 17.5 Å². The van der Waals surface area contributed by atoms with Crippen LogP contribution in [-0.2, 0) is 4.79 Å². The maximum Gasteiger partial charge on any atom is 0.270 e. The Hall–Kier alpha value is -4.27. The predicted molar refractivity (Wildman–Crippen MR) is 120 cm³/mol. The van der Waals surface area contributed by atoms with Gasteiger partial charge >= 0.3 is 0 Å². The summed E-state index contributed by atoms with van der Waals surface area (Å²) < 4.78 is 4.74. The van der Waals surface area contributed by atoms with E-state index in [0.717, 1.165) is 21.8 Å². The van der Waals surface area contributed by atoms with Crippen LogP contribution in [0.15, 0.2) is 59.4 Å². The molecule has 32 heavy (non-hydrogen) atoms. The molecule has 0 saturated carbocycles. The Balaban J connectivity index is 1.40. The van der Waals surface area contributed by atoms with E-state index >= 15 is 0 Å². The van der Waals surface area contributed by atoms with Crippen LogP contribution >= 0.6 is 0 Å². The lowest BCUT2D eigenvalue weighted by atomic mass is 10.0. The molecule has 3 N–H and O–H groups in total. The number of rotatable bonds is 5. The second kappa shape index (κ2) is 7.77. The highest BCUT2D eigenvalue weighted by Crippen LogP contribution is 2.25. The van der Waals surface area contributed by atoms with Crippen molar-refractivity contribution in [1.29, 1.82) is 0 Å². The number of carbonyl (C=O) groups is 2. The van der Waals surface area contributed by atoms with E-state index in [1.165, 1.54) is 0 Å². The molecule has 1 unspecified atom stereocenters. The Kier molecular flexibility index (Phi) is 4.78. The number of nitrogens with zero attached hydrogens (tertiary/aromatic N) is 3. The Morgan fingerprint density at radius 1 is 1.00 bits per heavy atom. The lowest BCUT2D eigenvalue weighted by Crippen LogP contribution is -2.47. The van der Waals surface area contributed by atoms with Crippen molar-refractivity contribution in [3.8, 4) is 0 Å². The summed E-state index contributed by atoms with van der Waals surface area (Å²) in [5.74, 6) is -0.949. The minimum Gasteiger partial charge on any atom is -0.353 e. The third-order valence-corrected chi connectivity index (χ3v) is 5.40. The number of aromatic nitrogens is 4. The molecular formula is C23H20N6O3. The number of hydrogen-bond donors (Lipinski definition) is 3. The van der Waals surface area contributed by atoms with Crippen molar-refractivity contribution in [3.05, 3.63) is 60.4 Å². The molecule has 3 aromatic heterocycles. The van der Waals surface area contributed by atoms with Gasteiger partial charge in [0.25, 0.3) is 5.91 Å². The zero-order valence-corrected chi connectivity index (χ0v) is 17.4. The topological polar surface area (TPSA) is 126 Å². The van der Waals surface area contributed by atoms with Crippen LogP contribution in [0.5, 0.6) is 0 Å². The molecule has 0 radical (unpaired) electrons. The van der Waals surface area contributed by atoms with Gasteiger partial charge in [-0.15, -0.1) is 0 Å². The van der Waals surface area contributed by atoms with E-state index in [0.29, 0.717) is 16.7 Å². The minimum atomic E-state index is -0.780. The van der Waals surface area contributed by atoms with Gasteiger partial charge in [-0.2, -0.15) is 0 Å². The molecule has 0 fully saturated rings. The molecule has 0 spiro atoms. The summed E-state index contributed by atoms with van der Waals surface area (Å²) in [6, 6.07) is 14.0. The molecule has 1 atom stereocenters. The van der Waals surface area contributed by atoms with Gasteiger partial charge in [0.1, 0.15) is 17.3 Å². The minimum absolute atomic E-state index is 0.162. The molecule has 0 aliphatic rings. The molecule has 5 rings (SSSR count). The van der Waals surface area contributed by atoms with Crippen LogP contribution in [0, 0.1) is 5.92 Å². The van der Waals surface area contributed by atoms with Gasteiger partial charge in [0.05, 0.1) is 17.4 Å². The maximum absolute atomic E-state index is 13.0. The molecule has 5 aromatic rings. The quantitative estimate of drug-likeness (QED) is 0.392.